The Bertz CT molecular complexity index is 469. The van der Waals surface area contributed by atoms with Gasteiger partial charge in [0.25, 0.3) is 0 Å². The monoisotopic (exact) mass is 224 g/mol. The first-order valence-electron chi connectivity index (χ1n) is 6.46. The highest BCUT2D eigenvalue weighted by Crippen LogP contribution is 2.23. The summed E-state index contributed by atoms with van der Waals surface area (Å²) in [6, 6.07) is 17.4. The average Bonchev–Trinajstić information content (AvgIpc) is 2.39. The van der Waals surface area contributed by atoms with Crippen molar-refractivity contribution >= 4 is 0 Å². The minimum atomic E-state index is 1.20. The van der Waals surface area contributed by atoms with Crippen LogP contribution in [0.25, 0.3) is 11.1 Å². The molecule has 0 radical (unpaired) electrons. The van der Waals surface area contributed by atoms with Crippen LogP contribution in [0.4, 0.5) is 0 Å². The van der Waals surface area contributed by atoms with Gasteiger partial charge in [0.05, 0.1) is 0 Å². The van der Waals surface area contributed by atoms with Crippen LogP contribution in [0, 0.1) is 6.92 Å². The summed E-state index contributed by atoms with van der Waals surface area (Å²) in [7, 11) is 0. The van der Waals surface area contributed by atoms with Crippen LogP contribution in [0.2, 0.25) is 0 Å². The van der Waals surface area contributed by atoms with Crippen molar-refractivity contribution in [1.29, 1.82) is 0 Å². The van der Waals surface area contributed by atoms with E-state index in [9.17, 15) is 0 Å². The Hall–Kier alpha value is -1.56. The SMILES string of the molecule is CCCCc1cc(-c2ccccc2)ccc1C. The number of unbranched alkanes of at least 4 members (excludes halogenated alkanes) is 1. The molecule has 0 saturated carbocycles. The second-order valence-electron chi connectivity index (χ2n) is 4.61. The van der Waals surface area contributed by atoms with Gasteiger partial charge in [-0.2, -0.15) is 0 Å². The van der Waals surface area contributed by atoms with Crippen molar-refractivity contribution in [3.05, 3.63) is 59.7 Å². The molecule has 88 valence electrons. The molecular formula is C17H20. The molecule has 0 heteroatoms. The largest absolute Gasteiger partial charge is 0.0654 e. The van der Waals surface area contributed by atoms with Crippen molar-refractivity contribution in [1.82, 2.24) is 0 Å². The molecule has 0 aliphatic carbocycles. The van der Waals surface area contributed by atoms with E-state index in [0.29, 0.717) is 0 Å². The lowest BCUT2D eigenvalue weighted by Crippen LogP contribution is -1.90. The third kappa shape index (κ3) is 2.97. The van der Waals surface area contributed by atoms with E-state index in [1.807, 2.05) is 0 Å². The van der Waals surface area contributed by atoms with Gasteiger partial charge < -0.3 is 0 Å². The summed E-state index contributed by atoms with van der Waals surface area (Å²) in [6.07, 6.45) is 3.73. The Kier molecular flexibility index (Phi) is 3.98. The van der Waals surface area contributed by atoms with E-state index in [1.165, 1.54) is 41.5 Å². The molecule has 0 nitrogen and oxygen atoms in total. The van der Waals surface area contributed by atoms with Gasteiger partial charge in [0.15, 0.2) is 0 Å². The first kappa shape index (κ1) is 11.9. The molecule has 0 aliphatic rings. The maximum Gasteiger partial charge on any atom is -0.0181 e. The summed E-state index contributed by atoms with van der Waals surface area (Å²) in [5.74, 6) is 0. The van der Waals surface area contributed by atoms with Gasteiger partial charge in [0.2, 0.25) is 0 Å². The summed E-state index contributed by atoms with van der Waals surface area (Å²) in [5, 5.41) is 0. The molecule has 2 aromatic carbocycles. The molecule has 0 heterocycles. The lowest BCUT2D eigenvalue weighted by molar-refractivity contribution is 0.791. The second kappa shape index (κ2) is 5.67. The summed E-state index contributed by atoms with van der Waals surface area (Å²) >= 11 is 0. The fourth-order valence-corrected chi connectivity index (χ4v) is 2.12. The predicted molar refractivity (Wildman–Crippen MR) is 75.2 cm³/mol. The summed E-state index contributed by atoms with van der Waals surface area (Å²) in [6.45, 7) is 4.45. The highest BCUT2D eigenvalue weighted by molar-refractivity contribution is 5.64. The number of hydrogen-bond acceptors (Lipinski definition) is 0. The molecule has 0 N–H and O–H groups in total. The van der Waals surface area contributed by atoms with E-state index in [4.69, 9.17) is 0 Å². The van der Waals surface area contributed by atoms with Gasteiger partial charge >= 0.3 is 0 Å². The van der Waals surface area contributed by atoms with E-state index in [-0.39, 0.29) is 0 Å². The lowest BCUT2D eigenvalue weighted by atomic mass is 9.97. The van der Waals surface area contributed by atoms with Crippen molar-refractivity contribution in [2.75, 3.05) is 0 Å². The van der Waals surface area contributed by atoms with Gasteiger partial charge in [-0.05, 0) is 42.0 Å². The molecule has 2 aromatic rings. The van der Waals surface area contributed by atoms with E-state index >= 15 is 0 Å². The normalized spacial score (nSPS) is 10.5. The first-order valence-corrected chi connectivity index (χ1v) is 6.46. The maximum atomic E-state index is 2.35. The van der Waals surface area contributed by atoms with Crippen molar-refractivity contribution < 1.29 is 0 Å². The predicted octanol–water partition coefficient (Wildman–Crippen LogP) is 5.00. The summed E-state index contributed by atoms with van der Waals surface area (Å²) in [5.41, 5.74) is 5.55. The molecule has 0 amide bonds. The van der Waals surface area contributed by atoms with Crippen molar-refractivity contribution in [2.45, 2.75) is 33.1 Å². The van der Waals surface area contributed by atoms with Crippen LogP contribution in [0.3, 0.4) is 0 Å². The van der Waals surface area contributed by atoms with Gasteiger partial charge in [-0.15, -0.1) is 0 Å². The summed E-state index contributed by atoms with van der Waals surface area (Å²) < 4.78 is 0. The Morgan fingerprint density at radius 3 is 2.35 bits per heavy atom. The minimum absolute atomic E-state index is 1.20. The topological polar surface area (TPSA) is 0 Å². The molecule has 0 aliphatic heterocycles. The smallest absolute Gasteiger partial charge is 0.0181 e. The highest BCUT2D eigenvalue weighted by atomic mass is 14.1. The zero-order valence-electron chi connectivity index (χ0n) is 10.7. The average molecular weight is 224 g/mol. The number of rotatable bonds is 4. The fourth-order valence-electron chi connectivity index (χ4n) is 2.12. The fraction of sp³-hybridized carbons (Fsp3) is 0.294. The van der Waals surface area contributed by atoms with Crippen molar-refractivity contribution in [2.24, 2.45) is 0 Å². The summed E-state index contributed by atoms with van der Waals surface area (Å²) in [4.78, 5) is 0. The molecule has 17 heavy (non-hydrogen) atoms. The highest BCUT2D eigenvalue weighted by Gasteiger charge is 2.02. The molecule has 0 spiro atoms. The first-order chi connectivity index (χ1) is 8.31. The van der Waals surface area contributed by atoms with E-state index < -0.39 is 0 Å². The Morgan fingerprint density at radius 2 is 1.65 bits per heavy atom. The van der Waals surface area contributed by atoms with Crippen LogP contribution in [-0.4, -0.2) is 0 Å². The van der Waals surface area contributed by atoms with Crippen LogP contribution < -0.4 is 0 Å². The zero-order valence-corrected chi connectivity index (χ0v) is 10.7. The number of aryl methyl sites for hydroxylation is 2. The molecule has 2 rings (SSSR count). The standard InChI is InChI=1S/C17H20/c1-3-4-8-16-13-17(12-11-14(16)2)15-9-6-5-7-10-15/h5-7,9-13H,3-4,8H2,1-2H3. The maximum absolute atomic E-state index is 2.35. The zero-order chi connectivity index (χ0) is 12.1. The van der Waals surface area contributed by atoms with Crippen LogP contribution >= 0.6 is 0 Å². The van der Waals surface area contributed by atoms with Crippen molar-refractivity contribution in [3.8, 4) is 11.1 Å². The van der Waals surface area contributed by atoms with Gasteiger partial charge in [-0.25, -0.2) is 0 Å². The van der Waals surface area contributed by atoms with Crippen LogP contribution in [0.5, 0.6) is 0 Å². The Labute approximate surface area is 104 Å². The molecule has 0 unspecified atom stereocenters. The molecule has 0 aromatic heterocycles. The van der Waals surface area contributed by atoms with E-state index in [1.54, 1.807) is 0 Å². The van der Waals surface area contributed by atoms with Gasteiger partial charge in [-0.1, -0.05) is 61.9 Å². The lowest BCUT2D eigenvalue weighted by Gasteiger charge is -2.08. The van der Waals surface area contributed by atoms with Gasteiger partial charge in [0, 0.05) is 0 Å². The molecular weight excluding hydrogens is 204 g/mol. The number of hydrogen-bond donors (Lipinski definition) is 0. The van der Waals surface area contributed by atoms with Gasteiger partial charge in [0.1, 0.15) is 0 Å². The Morgan fingerprint density at radius 1 is 0.882 bits per heavy atom. The molecule has 0 bridgehead atoms. The molecule has 0 fully saturated rings. The van der Waals surface area contributed by atoms with Crippen LogP contribution in [0.1, 0.15) is 30.9 Å². The third-order valence-electron chi connectivity index (χ3n) is 3.26. The van der Waals surface area contributed by atoms with Gasteiger partial charge in [-0.3, -0.25) is 0 Å². The number of benzene rings is 2. The minimum Gasteiger partial charge on any atom is -0.0654 e. The van der Waals surface area contributed by atoms with E-state index in [0.717, 1.165) is 0 Å². The van der Waals surface area contributed by atoms with Crippen LogP contribution in [0.15, 0.2) is 48.5 Å². The van der Waals surface area contributed by atoms with E-state index in [2.05, 4.69) is 62.4 Å². The molecule has 0 saturated heterocycles. The second-order valence-corrected chi connectivity index (χ2v) is 4.61. The third-order valence-corrected chi connectivity index (χ3v) is 3.26. The van der Waals surface area contributed by atoms with Crippen LogP contribution in [-0.2, 0) is 6.42 Å². The quantitative estimate of drug-likeness (QED) is 0.685. The molecule has 0 atom stereocenters. The Balaban J connectivity index is 2.31. The van der Waals surface area contributed by atoms with Crippen molar-refractivity contribution in [3.63, 3.8) is 0 Å².